The molecule has 0 aliphatic carbocycles. The Balaban J connectivity index is 1.41. The average Bonchev–Trinajstić information content (AvgIpc) is 3.26. The van der Waals surface area contributed by atoms with Crippen LogP contribution in [0.25, 0.3) is 11.0 Å². The number of anilines is 4. The summed E-state index contributed by atoms with van der Waals surface area (Å²) in [4.78, 5) is 33.2. The molecule has 4 heterocycles. The molecule has 5 rings (SSSR count). The zero-order valence-corrected chi connectivity index (χ0v) is 21.7. The van der Waals surface area contributed by atoms with Gasteiger partial charge in [0, 0.05) is 42.9 Å². The summed E-state index contributed by atoms with van der Waals surface area (Å²) in [7, 11) is 1.82. The molecule has 37 heavy (non-hydrogen) atoms. The molecular formula is C26H31N9O2. The number of aryl methyl sites for hydroxylation is 2. The second kappa shape index (κ2) is 9.74. The molecule has 11 nitrogen and oxygen atoms in total. The number of rotatable bonds is 5. The predicted molar refractivity (Wildman–Crippen MR) is 142 cm³/mol. The average molecular weight is 502 g/mol. The summed E-state index contributed by atoms with van der Waals surface area (Å²) in [6.45, 7) is 11.0. The maximum absolute atomic E-state index is 13.1. The van der Waals surface area contributed by atoms with Crippen LogP contribution in [0.5, 0.6) is 0 Å². The lowest BCUT2D eigenvalue weighted by atomic mass is 9.92. The SMILES string of the molecule is Cc1ccc(C(=O)Nc2cc(C(C)(C)C)nn2C)cc1Nc1ncnc2cnc(N3CCOCC3)nc12. The van der Waals surface area contributed by atoms with Gasteiger partial charge in [0.15, 0.2) is 5.82 Å². The third-order valence-corrected chi connectivity index (χ3v) is 6.30. The highest BCUT2D eigenvalue weighted by Gasteiger charge is 2.21. The van der Waals surface area contributed by atoms with Crippen molar-refractivity contribution in [3.63, 3.8) is 0 Å². The van der Waals surface area contributed by atoms with E-state index in [1.807, 2.05) is 32.2 Å². The summed E-state index contributed by atoms with van der Waals surface area (Å²) in [5, 5.41) is 10.9. The summed E-state index contributed by atoms with van der Waals surface area (Å²) < 4.78 is 7.13. The maximum atomic E-state index is 13.1. The molecule has 1 aliphatic heterocycles. The Morgan fingerprint density at radius 1 is 1.08 bits per heavy atom. The van der Waals surface area contributed by atoms with E-state index in [4.69, 9.17) is 9.72 Å². The Bertz CT molecular complexity index is 1450. The van der Waals surface area contributed by atoms with Crippen LogP contribution in [0.3, 0.4) is 0 Å². The molecule has 11 heteroatoms. The number of hydrogen-bond donors (Lipinski definition) is 2. The highest BCUT2D eigenvalue weighted by atomic mass is 16.5. The number of aromatic nitrogens is 6. The van der Waals surface area contributed by atoms with Gasteiger partial charge < -0.3 is 20.3 Å². The molecule has 192 valence electrons. The minimum absolute atomic E-state index is 0.118. The van der Waals surface area contributed by atoms with Crippen LogP contribution >= 0.6 is 0 Å². The molecule has 3 aromatic heterocycles. The number of carbonyl (C=O) groups excluding carboxylic acids is 1. The normalized spacial score (nSPS) is 14.1. The zero-order chi connectivity index (χ0) is 26.2. The van der Waals surface area contributed by atoms with Crippen LogP contribution in [0.2, 0.25) is 0 Å². The maximum Gasteiger partial charge on any atom is 0.256 e. The van der Waals surface area contributed by atoms with Gasteiger partial charge in [-0.15, -0.1) is 0 Å². The van der Waals surface area contributed by atoms with Gasteiger partial charge in [0.25, 0.3) is 5.91 Å². The smallest absolute Gasteiger partial charge is 0.256 e. The number of nitrogens with one attached hydrogen (secondary N) is 2. The molecule has 0 atom stereocenters. The van der Waals surface area contributed by atoms with Gasteiger partial charge in [-0.25, -0.2) is 19.9 Å². The van der Waals surface area contributed by atoms with E-state index in [2.05, 4.69) is 56.4 Å². The fraction of sp³-hybridized carbons (Fsp3) is 0.385. The number of fused-ring (bicyclic) bond motifs is 1. The van der Waals surface area contributed by atoms with E-state index < -0.39 is 0 Å². The van der Waals surface area contributed by atoms with Gasteiger partial charge in [0.05, 0.1) is 25.1 Å². The summed E-state index contributed by atoms with van der Waals surface area (Å²) in [5.41, 5.74) is 4.25. The van der Waals surface area contributed by atoms with Crippen LogP contribution in [0.4, 0.5) is 23.3 Å². The van der Waals surface area contributed by atoms with Crippen LogP contribution in [0, 0.1) is 6.92 Å². The molecule has 4 aromatic rings. The quantitative estimate of drug-likeness (QED) is 0.422. The topological polar surface area (TPSA) is 123 Å². The number of nitrogens with zero attached hydrogens (tertiary/aromatic N) is 7. The van der Waals surface area contributed by atoms with Crippen LogP contribution in [-0.2, 0) is 17.2 Å². The Kier molecular flexibility index (Phi) is 6.46. The molecule has 1 saturated heterocycles. The lowest BCUT2D eigenvalue weighted by Gasteiger charge is -2.26. The third-order valence-electron chi connectivity index (χ3n) is 6.30. The van der Waals surface area contributed by atoms with Crippen molar-refractivity contribution in [1.82, 2.24) is 29.7 Å². The summed E-state index contributed by atoms with van der Waals surface area (Å²) in [6, 6.07) is 7.42. The van der Waals surface area contributed by atoms with E-state index in [0.717, 1.165) is 30.0 Å². The van der Waals surface area contributed by atoms with Gasteiger partial charge in [0.1, 0.15) is 23.2 Å². The van der Waals surface area contributed by atoms with Crippen LogP contribution in [0.1, 0.15) is 42.4 Å². The van der Waals surface area contributed by atoms with E-state index in [1.165, 1.54) is 6.33 Å². The molecule has 1 fully saturated rings. The van der Waals surface area contributed by atoms with Crippen LogP contribution < -0.4 is 15.5 Å². The van der Waals surface area contributed by atoms with E-state index >= 15 is 0 Å². The summed E-state index contributed by atoms with van der Waals surface area (Å²) >= 11 is 0. The number of amides is 1. The Hall–Kier alpha value is -4.12. The van der Waals surface area contributed by atoms with Gasteiger partial charge in [-0.05, 0) is 24.6 Å². The minimum Gasteiger partial charge on any atom is -0.378 e. The highest BCUT2D eigenvalue weighted by molar-refractivity contribution is 6.04. The monoisotopic (exact) mass is 501 g/mol. The van der Waals surface area contributed by atoms with E-state index in [-0.39, 0.29) is 11.3 Å². The van der Waals surface area contributed by atoms with Gasteiger partial charge in [0.2, 0.25) is 5.95 Å². The van der Waals surface area contributed by atoms with Crippen molar-refractivity contribution < 1.29 is 9.53 Å². The highest BCUT2D eigenvalue weighted by Crippen LogP contribution is 2.27. The predicted octanol–water partition coefficient (Wildman–Crippen LogP) is 3.59. The Morgan fingerprint density at radius 2 is 1.86 bits per heavy atom. The number of carbonyl (C=O) groups is 1. The Labute approximate surface area is 215 Å². The first-order valence-corrected chi connectivity index (χ1v) is 12.2. The molecule has 0 unspecified atom stereocenters. The van der Waals surface area contributed by atoms with Crippen molar-refractivity contribution in [2.75, 3.05) is 41.8 Å². The zero-order valence-electron chi connectivity index (χ0n) is 21.7. The van der Waals surface area contributed by atoms with E-state index in [1.54, 1.807) is 16.9 Å². The first-order chi connectivity index (χ1) is 17.7. The number of hydrogen-bond acceptors (Lipinski definition) is 9. The number of morpholine rings is 1. The Morgan fingerprint density at radius 3 is 2.59 bits per heavy atom. The van der Waals surface area contributed by atoms with Crippen LogP contribution in [-0.4, -0.2) is 61.9 Å². The second-order valence-corrected chi connectivity index (χ2v) is 10.1. The molecule has 0 spiro atoms. The first kappa shape index (κ1) is 24.6. The molecule has 0 saturated carbocycles. The largest absolute Gasteiger partial charge is 0.378 e. The fourth-order valence-corrected chi connectivity index (χ4v) is 4.02. The van der Waals surface area contributed by atoms with Crippen molar-refractivity contribution in [3.05, 3.63) is 53.6 Å². The molecule has 0 radical (unpaired) electrons. The van der Waals surface area contributed by atoms with Gasteiger partial charge >= 0.3 is 0 Å². The molecular weight excluding hydrogens is 470 g/mol. The van der Waals surface area contributed by atoms with Gasteiger partial charge in [-0.3, -0.25) is 9.48 Å². The van der Waals surface area contributed by atoms with E-state index in [0.29, 0.717) is 47.4 Å². The lowest BCUT2D eigenvalue weighted by molar-refractivity contribution is 0.102. The second-order valence-electron chi connectivity index (χ2n) is 10.1. The summed E-state index contributed by atoms with van der Waals surface area (Å²) in [5.74, 6) is 1.57. The van der Waals surface area contributed by atoms with Gasteiger partial charge in [-0.1, -0.05) is 26.8 Å². The molecule has 1 amide bonds. The lowest BCUT2D eigenvalue weighted by Crippen LogP contribution is -2.37. The van der Waals surface area contributed by atoms with Gasteiger partial charge in [-0.2, -0.15) is 5.10 Å². The molecule has 1 aliphatic rings. The standard InChI is InChI=1S/C26H31N9O2/c1-16-6-7-17(24(36)31-21-13-20(26(2,3)4)33-34(21)5)12-18(16)30-23-22-19(28-15-29-23)14-27-25(32-22)35-8-10-37-11-9-35/h6-7,12-15H,8-11H2,1-5H3,(H,31,36)(H,28,29,30). The number of ether oxygens (including phenoxy) is 1. The molecule has 2 N–H and O–H groups in total. The molecule has 0 bridgehead atoms. The fourth-order valence-electron chi connectivity index (χ4n) is 4.02. The molecule has 1 aromatic carbocycles. The van der Waals surface area contributed by atoms with Crippen molar-refractivity contribution in [2.24, 2.45) is 7.05 Å². The van der Waals surface area contributed by atoms with Crippen molar-refractivity contribution in [3.8, 4) is 0 Å². The van der Waals surface area contributed by atoms with Crippen LogP contribution in [0.15, 0.2) is 36.8 Å². The van der Waals surface area contributed by atoms with Crippen molar-refractivity contribution >= 4 is 40.2 Å². The van der Waals surface area contributed by atoms with Crippen molar-refractivity contribution in [2.45, 2.75) is 33.1 Å². The van der Waals surface area contributed by atoms with E-state index in [9.17, 15) is 4.79 Å². The first-order valence-electron chi connectivity index (χ1n) is 12.2. The number of benzene rings is 1. The minimum atomic E-state index is -0.226. The third kappa shape index (κ3) is 5.21. The summed E-state index contributed by atoms with van der Waals surface area (Å²) in [6.07, 6.45) is 3.18. The van der Waals surface area contributed by atoms with Crippen molar-refractivity contribution in [1.29, 1.82) is 0 Å².